The van der Waals surface area contributed by atoms with Gasteiger partial charge in [-0.05, 0) is 56.9 Å². The predicted molar refractivity (Wildman–Crippen MR) is 114 cm³/mol. The molecule has 1 heterocycles. The van der Waals surface area contributed by atoms with E-state index in [1.165, 1.54) is 0 Å². The van der Waals surface area contributed by atoms with Gasteiger partial charge in [-0.2, -0.15) is 0 Å². The van der Waals surface area contributed by atoms with E-state index >= 15 is 0 Å². The minimum absolute atomic E-state index is 0.0353. The smallest absolute Gasteiger partial charge is 0.251 e. The van der Waals surface area contributed by atoms with Gasteiger partial charge in [-0.1, -0.05) is 35.9 Å². The molecule has 5 heteroatoms. The molecular weight excluding hydrogens is 364 g/mol. The lowest BCUT2D eigenvalue weighted by Gasteiger charge is -2.32. The fourth-order valence-corrected chi connectivity index (χ4v) is 3.61. The average molecular weight is 395 g/mol. The van der Waals surface area contributed by atoms with Crippen LogP contribution >= 0.6 is 0 Å². The standard InChI is InChI=1S/C24H30N2O3/c1-18-7-5-9-20(17-18)24(28)25-21-12-14-26(15-13-21)23(27)11-6-16-29-22-10-4-3-8-19(22)2/h3-5,7-10,17,21H,6,11-16H2,1-2H3,(H,25,28). The van der Waals surface area contributed by atoms with E-state index in [2.05, 4.69) is 5.32 Å². The Kier molecular flexibility index (Phi) is 7.28. The summed E-state index contributed by atoms with van der Waals surface area (Å²) >= 11 is 0. The van der Waals surface area contributed by atoms with Gasteiger partial charge in [0.05, 0.1) is 6.61 Å². The first-order chi connectivity index (χ1) is 14.0. The van der Waals surface area contributed by atoms with Gasteiger partial charge in [0, 0.05) is 31.1 Å². The van der Waals surface area contributed by atoms with Crippen LogP contribution < -0.4 is 10.1 Å². The highest BCUT2D eigenvalue weighted by Gasteiger charge is 2.23. The lowest BCUT2D eigenvalue weighted by atomic mass is 10.0. The number of ether oxygens (including phenoxy) is 1. The summed E-state index contributed by atoms with van der Waals surface area (Å²) in [6.07, 6.45) is 2.79. The lowest BCUT2D eigenvalue weighted by Crippen LogP contribution is -2.46. The van der Waals surface area contributed by atoms with Crippen molar-refractivity contribution in [1.29, 1.82) is 0 Å². The van der Waals surface area contributed by atoms with Gasteiger partial charge in [0.1, 0.15) is 5.75 Å². The zero-order chi connectivity index (χ0) is 20.6. The van der Waals surface area contributed by atoms with Crippen LogP contribution in [0.2, 0.25) is 0 Å². The van der Waals surface area contributed by atoms with Gasteiger partial charge in [-0.3, -0.25) is 9.59 Å². The minimum atomic E-state index is -0.0353. The van der Waals surface area contributed by atoms with Crippen molar-refractivity contribution >= 4 is 11.8 Å². The SMILES string of the molecule is Cc1cccc(C(=O)NC2CCN(C(=O)CCCOc3ccccc3C)CC2)c1. The van der Waals surface area contributed by atoms with E-state index in [-0.39, 0.29) is 17.9 Å². The van der Waals surface area contributed by atoms with E-state index < -0.39 is 0 Å². The second kappa shape index (κ2) is 10.1. The van der Waals surface area contributed by atoms with Crippen molar-refractivity contribution in [3.63, 3.8) is 0 Å². The molecule has 154 valence electrons. The average Bonchev–Trinajstić information content (AvgIpc) is 2.73. The number of rotatable bonds is 7. The molecule has 3 rings (SSSR count). The molecule has 2 aromatic rings. The molecule has 0 atom stereocenters. The molecule has 1 N–H and O–H groups in total. The van der Waals surface area contributed by atoms with Gasteiger partial charge in [0.15, 0.2) is 0 Å². The zero-order valence-corrected chi connectivity index (χ0v) is 17.3. The summed E-state index contributed by atoms with van der Waals surface area (Å²) in [5, 5.41) is 3.10. The molecule has 0 unspecified atom stereocenters. The van der Waals surface area contributed by atoms with Gasteiger partial charge in [-0.25, -0.2) is 0 Å². The van der Waals surface area contributed by atoms with E-state index in [1.807, 2.05) is 67.3 Å². The number of carbonyl (C=O) groups excluding carboxylic acids is 2. The van der Waals surface area contributed by atoms with Crippen LogP contribution in [0.1, 0.15) is 47.2 Å². The third kappa shape index (κ3) is 6.08. The van der Waals surface area contributed by atoms with Crippen LogP contribution in [0.25, 0.3) is 0 Å². The Morgan fingerprint density at radius 3 is 2.55 bits per heavy atom. The van der Waals surface area contributed by atoms with Crippen molar-refractivity contribution in [3.05, 3.63) is 65.2 Å². The summed E-state index contributed by atoms with van der Waals surface area (Å²) in [6.45, 7) is 5.92. The minimum Gasteiger partial charge on any atom is -0.493 e. The highest BCUT2D eigenvalue weighted by molar-refractivity contribution is 5.94. The molecule has 0 aromatic heterocycles. The number of hydrogen-bond donors (Lipinski definition) is 1. The maximum absolute atomic E-state index is 12.4. The molecule has 0 aliphatic carbocycles. The molecular formula is C24H30N2O3. The number of para-hydroxylation sites is 1. The fourth-order valence-electron chi connectivity index (χ4n) is 3.61. The van der Waals surface area contributed by atoms with Gasteiger partial charge in [0.2, 0.25) is 5.91 Å². The molecule has 0 radical (unpaired) electrons. The quantitative estimate of drug-likeness (QED) is 0.725. The van der Waals surface area contributed by atoms with Crippen LogP contribution in [0.3, 0.4) is 0 Å². The fraction of sp³-hybridized carbons (Fsp3) is 0.417. The Labute approximate surface area is 173 Å². The molecule has 1 aliphatic heterocycles. The molecule has 5 nitrogen and oxygen atoms in total. The Hall–Kier alpha value is -2.82. The molecule has 2 amide bonds. The van der Waals surface area contributed by atoms with Crippen molar-refractivity contribution in [2.75, 3.05) is 19.7 Å². The van der Waals surface area contributed by atoms with E-state index in [0.29, 0.717) is 38.1 Å². The number of nitrogens with zero attached hydrogens (tertiary/aromatic N) is 1. The van der Waals surface area contributed by atoms with Gasteiger partial charge >= 0.3 is 0 Å². The Bertz CT molecular complexity index is 842. The Balaban J connectivity index is 1.36. The van der Waals surface area contributed by atoms with Gasteiger partial charge in [0.25, 0.3) is 5.91 Å². The largest absolute Gasteiger partial charge is 0.493 e. The monoisotopic (exact) mass is 394 g/mol. The van der Waals surface area contributed by atoms with Crippen LogP contribution in [0.4, 0.5) is 0 Å². The number of nitrogens with one attached hydrogen (secondary N) is 1. The van der Waals surface area contributed by atoms with Crippen molar-refractivity contribution in [1.82, 2.24) is 10.2 Å². The second-order valence-electron chi connectivity index (χ2n) is 7.72. The zero-order valence-electron chi connectivity index (χ0n) is 17.3. The molecule has 0 spiro atoms. The maximum Gasteiger partial charge on any atom is 0.251 e. The highest BCUT2D eigenvalue weighted by Crippen LogP contribution is 2.17. The summed E-state index contributed by atoms with van der Waals surface area (Å²) in [5.74, 6) is 1.01. The first kappa shape index (κ1) is 20.9. The van der Waals surface area contributed by atoms with E-state index in [1.54, 1.807) is 0 Å². The molecule has 29 heavy (non-hydrogen) atoms. The first-order valence-corrected chi connectivity index (χ1v) is 10.4. The highest BCUT2D eigenvalue weighted by atomic mass is 16.5. The van der Waals surface area contributed by atoms with E-state index in [9.17, 15) is 9.59 Å². The van der Waals surface area contributed by atoms with Crippen molar-refractivity contribution in [3.8, 4) is 5.75 Å². The van der Waals surface area contributed by atoms with E-state index in [0.717, 1.165) is 29.7 Å². The first-order valence-electron chi connectivity index (χ1n) is 10.4. The molecule has 1 fully saturated rings. The van der Waals surface area contributed by atoms with Crippen molar-refractivity contribution in [2.45, 2.75) is 45.6 Å². The molecule has 1 aliphatic rings. The van der Waals surface area contributed by atoms with Gasteiger partial charge in [-0.15, -0.1) is 0 Å². The summed E-state index contributed by atoms with van der Waals surface area (Å²) in [5.41, 5.74) is 2.87. The molecule has 1 saturated heterocycles. The Morgan fingerprint density at radius 2 is 1.83 bits per heavy atom. The topological polar surface area (TPSA) is 58.6 Å². The number of benzene rings is 2. The number of carbonyl (C=O) groups is 2. The van der Waals surface area contributed by atoms with Crippen LogP contribution in [0.15, 0.2) is 48.5 Å². The summed E-state index contributed by atoms with van der Waals surface area (Å²) in [7, 11) is 0. The number of amides is 2. The number of likely N-dealkylation sites (tertiary alicyclic amines) is 1. The molecule has 0 bridgehead atoms. The summed E-state index contributed by atoms with van der Waals surface area (Å²) in [6, 6.07) is 15.6. The van der Waals surface area contributed by atoms with Crippen LogP contribution in [-0.2, 0) is 4.79 Å². The van der Waals surface area contributed by atoms with Crippen molar-refractivity contribution in [2.24, 2.45) is 0 Å². The number of aryl methyl sites for hydroxylation is 2. The number of hydrogen-bond acceptors (Lipinski definition) is 3. The van der Waals surface area contributed by atoms with Crippen LogP contribution in [0.5, 0.6) is 5.75 Å². The van der Waals surface area contributed by atoms with Crippen molar-refractivity contribution < 1.29 is 14.3 Å². The second-order valence-corrected chi connectivity index (χ2v) is 7.72. The normalized spacial score (nSPS) is 14.5. The Morgan fingerprint density at radius 1 is 1.07 bits per heavy atom. The summed E-state index contributed by atoms with van der Waals surface area (Å²) in [4.78, 5) is 26.7. The van der Waals surface area contributed by atoms with Crippen LogP contribution in [-0.4, -0.2) is 42.5 Å². The molecule has 0 saturated carbocycles. The maximum atomic E-state index is 12.4. The van der Waals surface area contributed by atoms with E-state index in [4.69, 9.17) is 4.74 Å². The lowest BCUT2D eigenvalue weighted by molar-refractivity contribution is -0.132. The molecule has 2 aromatic carbocycles. The van der Waals surface area contributed by atoms with Crippen LogP contribution in [0, 0.1) is 13.8 Å². The number of piperidine rings is 1. The predicted octanol–water partition coefficient (Wildman–Crippen LogP) is 3.88. The third-order valence-corrected chi connectivity index (χ3v) is 5.35. The van der Waals surface area contributed by atoms with Gasteiger partial charge < -0.3 is 15.0 Å². The summed E-state index contributed by atoms with van der Waals surface area (Å²) < 4.78 is 5.77. The third-order valence-electron chi connectivity index (χ3n) is 5.35.